The number of ether oxygens (including phenoxy) is 1. The molecule has 0 radical (unpaired) electrons. The fourth-order valence-electron chi connectivity index (χ4n) is 1.31. The van der Waals surface area contributed by atoms with E-state index in [2.05, 4.69) is 20.7 Å². The van der Waals surface area contributed by atoms with Crippen LogP contribution in [0.2, 0.25) is 0 Å². The summed E-state index contributed by atoms with van der Waals surface area (Å²) in [5.74, 6) is 0.477. The Morgan fingerprint density at radius 2 is 2.17 bits per heavy atom. The largest absolute Gasteiger partial charge is 0.496 e. The first kappa shape index (κ1) is 15.4. The predicted octanol–water partition coefficient (Wildman–Crippen LogP) is 1.47. The van der Waals surface area contributed by atoms with E-state index in [-0.39, 0.29) is 10.9 Å². The van der Waals surface area contributed by atoms with Crippen LogP contribution in [0, 0.1) is 0 Å². The number of sulfonamides is 1. The predicted molar refractivity (Wildman–Crippen MR) is 74.1 cm³/mol. The molecule has 0 saturated heterocycles. The summed E-state index contributed by atoms with van der Waals surface area (Å²) >= 11 is 3.27. The maximum Gasteiger partial charge on any atom is 0.240 e. The molecule has 0 aliphatic heterocycles. The minimum atomic E-state index is -3.51. The van der Waals surface area contributed by atoms with E-state index in [1.807, 2.05) is 6.92 Å². The summed E-state index contributed by atoms with van der Waals surface area (Å²) in [6, 6.07) is 4.59. The van der Waals surface area contributed by atoms with Crippen LogP contribution in [-0.4, -0.2) is 28.1 Å². The Morgan fingerprint density at radius 3 is 2.72 bits per heavy atom. The smallest absolute Gasteiger partial charge is 0.240 e. The maximum absolute atomic E-state index is 12.0. The van der Waals surface area contributed by atoms with E-state index >= 15 is 0 Å². The first-order chi connectivity index (χ1) is 8.36. The maximum atomic E-state index is 12.0. The molecule has 0 heterocycles. The Morgan fingerprint density at radius 1 is 1.50 bits per heavy atom. The van der Waals surface area contributed by atoms with Gasteiger partial charge in [0.15, 0.2) is 0 Å². The number of methoxy groups -OCH3 is 1. The van der Waals surface area contributed by atoms with Crippen molar-refractivity contribution in [1.29, 1.82) is 0 Å². The minimum Gasteiger partial charge on any atom is -0.496 e. The molecule has 0 saturated carbocycles. The molecule has 7 heteroatoms. The van der Waals surface area contributed by atoms with Gasteiger partial charge in [0.2, 0.25) is 10.0 Å². The number of rotatable bonds is 6. The molecule has 0 amide bonds. The van der Waals surface area contributed by atoms with Gasteiger partial charge >= 0.3 is 0 Å². The van der Waals surface area contributed by atoms with E-state index in [4.69, 9.17) is 10.5 Å². The molecule has 1 rings (SSSR count). The van der Waals surface area contributed by atoms with Crippen LogP contribution in [0.15, 0.2) is 27.6 Å². The van der Waals surface area contributed by atoms with Crippen molar-refractivity contribution in [3.05, 3.63) is 22.7 Å². The average Bonchev–Trinajstić information content (AvgIpc) is 2.28. The van der Waals surface area contributed by atoms with Crippen molar-refractivity contribution in [2.45, 2.75) is 24.3 Å². The van der Waals surface area contributed by atoms with Crippen molar-refractivity contribution in [1.82, 2.24) is 4.72 Å². The van der Waals surface area contributed by atoms with Crippen LogP contribution in [0.4, 0.5) is 0 Å². The second-order valence-corrected chi connectivity index (χ2v) is 6.58. The van der Waals surface area contributed by atoms with E-state index in [1.54, 1.807) is 6.07 Å². The number of nitrogens with one attached hydrogen (secondary N) is 1. The van der Waals surface area contributed by atoms with Crippen molar-refractivity contribution in [3.63, 3.8) is 0 Å². The Hall–Kier alpha value is -0.630. The van der Waals surface area contributed by atoms with Crippen molar-refractivity contribution in [2.75, 3.05) is 13.7 Å². The van der Waals surface area contributed by atoms with Gasteiger partial charge in [-0.1, -0.05) is 0 Å². The number of nitrogens with two attached hydrogens (primary N) is 1. The minimum absolute atomic E-state index is 0.0350. The molecule has 0 bridgehead atoms. The molecule has 102 valence electrons. The van der Waals surface area contributed by atoms with E-state index in [0.29, 0.717) is 23.2 Å². The number of hydrogen-bond donors (Lipinski definition) is 2. The molecule has 1 atom stereocenters. The van der Waals surface area contributed by atoms with Crippen LogP contribution in [-0.2, 0) is 10.0 Å². The topological polar surface area (TPSA) is 81.4 Å². The van der Waals surface area contributed by atoms with Crippen LogP contribution in [0.3, 0.4) is 0 Å². The lowest BCUT2D eigenvalue weighted by molar-refractivity contribution is 0.410. The first-order valence-corrected chi connectivity index (χ1v) is 7.73. The van der Waals surface area contributed by atoms with Gasteiger partial charge in [-0.2, -0.15) is 0 Å². The Bertz CT molecular complexity index is 503. The summed E-state index contributed by atoms with van der Waals surface area (Å²) in [6.07, 6.45) is 0.590. The van der Waals surface area contributed by atoms with Crippen molar-refractivity contribution < 1.29 is 13.2 Å². The summed E-state index contributed by atoms with van der Waals surface area (Å²) in [7, 11) is -2.03. The second-order valence-electron chi connectivity index (χ2n) is 3.96. The highest BCUT2D eigenvalue weighted by Gasteiger charge is 2.15. The summed E-state index contributed by atoms with van der Waals surface area (Å²) in [4.78, 5) is 0.173. The van der Waals surface area contributed by atoms with Gasteiger partial charge in [-0.25, -0.2) is 13.1 Å². The van der Waals surface area contributed by atoms with Gasteiger partial charge in [-0.3, -0.25) is 0 Å². The summed E-state index contributed by atoms with van der Waals surface area (Å²) in [6.45, 7) is 2.15. The first-order valence-electron chi connectivity index (χ1n) is 5.45. The molecule has 18 heavy (non-hydrogen) atoms. The molecule has 1 aromatic carbocycles. The lowest BCUT2D eigenvalue weighted by Gasteiger charge is -2.10. The van der Waals surface area contributed by atoms with E-state index < -0.39 is 10.0 Å². The molecule has 5 nitrogen and oxygen atoms in total. The molecule has 0 aliphatic carbocycles. The van der Waals surface area contributed by atoms with Gasteiger partial charge in [0.1, 0.15) is 5.75 Å². The van der Waals surface area contributed by atoms with Gasteiger partial charge in [-0.15, -0.1) is 0 Å². The molecule has 0 aromatic heterocycles. The SMILES string of the molecule is COc1cc(S(=O)(=O)NCCC(C)N)ccc1Br. The van der Waals surface area contributed by atoms with Gasteiger partial charge in [0.25, 0.3) is 0 Å². The third kappa shape index (κ3) is 4.24. The Balaban J connectivity index is 2.85. The molecule has 0 aliphatic rings. The third-order valence-corrected chi connectivity index (χ3v) is 4.44. The molecule has 1 unspecified atom stereocenters. The number of hydrogen-bond acceptors (Lipinski definition) is 4. The highest BCUT2D eigenvalue weighted by molar-refractivity contribution is 9.10. The normalized spacial score (nSPS) is 13.3. The average molecular weight is 337 g/mol. The Labute approximate surface area is 116 Å². The van der Waals surface area contributed by atoms with Crippen LogP contribution < -0.4 is 15.2 Å². The van der Waals surface area contributed by atoms with Crippen molar-refractivity contribution in [2.24, 2.45) is 5.73 Å². The summed E-state index contributed by atoms with van der Waals surface area (Å²) in [5.41, 5.74) is 5.56. The van der Waals surface area contributed by atoms with E-state index in [1.165, 1.54) is 19.2 Å². The molecular formula is C11H17BrN2O3S. The number of halogens is 1. The van der Waals surface area contributed by atoms with Gasteiger partial charge in [0.05, 0.1) is 16.5 Å². The lowest BCUT2D eigenvalue weighted by atomic mass is 10.3. The zero-order chi connectivity index (χ0) is 13.8. The molecule has 0 spiro atoms. The van der Waals surface area contributed by atoms with Crippen LogP contribution >= 0.6 is 15.9 Å². The zero-order valence-corrected chi connectivity index (χ0v) is 12.7. The zero-order valence-electron chi connectivity index (χ0n) is 10.3. The Kier molecular flexibility index (Phi) is 5.58. The van der Waals surface area contributed by atoms with Gasteiger partial charge in [0, 0.05) is 18.7 Å². The quantitative estimate of drug-likeness (QED) is 0.824. The second kappa shape index (κ2) is 6.51. The van der Waals surface area contributed by atoms with E-state index in [0.717, 1.165) is 0 Å². The van der Waals surface area contributed by atoms with Crippen LogP contribution in [0.5, 0.6) is 5.75 Å². The fraction of sp³-hybridized carbons (Fsp3) is 0.455. The summed E-state index contributed by atoms with van der Waals surface area (Å²) < 4.78 is 32.2. The van der Waals surface area contributed by atoms with Crippen LogP contribution in [0.25, 0.3) is 0 Å². The number of benzene rings is 1. The van der Waals surface area contributed by atoms with Gasteiger partial charge in [-0.05, 0) is 41.4 Å². The molecular weight excluding hydrogens is 320 g/mol. The van der Waals surface area contributed by atoms with Crippen molar-refractivity contribution in [3.8, 4) is 5.75 Å². The van der Waals surface area contributed by atoms with E-state index in [9.17, 15) is 8.42 Å². The highest BCUT2D eigenvalue weighted by Crippen LogP contribution is 2.27. The van der Waals surface area contributed by atoms with Gasteiger partial charge < -0.3 is 10.5 Å². The standard InChI is InChI=1S/C11H17BrN2O3S/c1-8(13)5-6-14-18(15,16)9-3-4-10(12)11(7-9)17-2/h3-4,7-8,14H,5-6,13H2,1-2H3. The molecule has 0 fully saturated rings. The fourth-order valence-corrected chi connectivity index (χ4v) is 2.78. The lowest BCUT2D eigenvalue weighted by Crippen LogP contribution is -2.29. The third-order valence-electron chi connectivity index (χ3n) is 2.32. The van der Waals surface area contributed by atoms with Crippen LogP contribution in [0.1, 0.15) is 13.3 Å². The molecule has 1 aromatic rings. The summed E-state index contributed by atoms with van der Waals surface area (Å²) in [5, 5.41) is 0. The van der Waals surface area contributed by atoms with Crippen molar-refractivity contribution >= 4 is 26.0 Å². The monoisotopic (exact) mass is 336 g/mol. The highest BCUT2D eigenvalue weighted by atomic mass is 79.9. The molecule has 3 N–H and O–H groups in total.